The van der Waals surface area contributed by atoms with Crippen LogP contribution in [0.25, 0.3) is 0 Å². The smallest absolute Gasteiger partial charge is 0.271 e. The number of morpholine rings is 1. The fourth-order valence-corrected chi connectivity index (χ4v) is 3.12. The first-order valence-electron chi connectivity index (χ1n) is 8.27. The number of anilines is 2. The number of nitrogens with zero attached hydrogens (tertiary/aromatic N) is 3. The summed E-state index contributed by atoms with van der Waals surface area (Å²) in [5.41, 5.74) is 4.02. The maximum Gasteiger partial charge on any atom is 0.271 e. The second kappa shape index (κ2) is 8.37. The molecule has 7 nitrogen and oxygen atoms in total. The molecule has 0 radical (unpaired) electrons. The predicted molar refractivity (Wildman–Crippen MR) is 105 cm³/mol. The highest BCUT2D eigenvalue weighted by atomic mass is 79.9. The molecular formula is C18H21BrN4O3. The number of halogens is 1. The van der Waals surface area contributed by atoms with Gasteiger partial charge in [-0.2, -0.15) is 5.10 Å². The molecule has 0 saturated carbocycles. The van der Waals surface area contributed by atoms with Gasteiger partial charge in [0.25, 0.3) is 5.91 Å². The minimum Gasteiger partial charge on any atom is -0.438 e. The zero-order valence-corrected chi connectivity index (χ0v) is 16.3. The van der Waals surface area contributed by atoms with E-state index in [1.165, 1.54) is 6.21 Å². The van der Waals surface area contributed by atoms with Crippen LogP contribution < -0.4 is 15.2 Å². The molecule has 0 aliphatic carbocycles. The summed E-state index contributed by atoms with van der Waals surface area (Å²) in [5.74, 6) is 1.03. The Morgan fingerprint density at radius 1 is 1.31 bits per heavy atom. The standard InChI is InChI=1S/C18H21BrN4O3/c1-22(2)14-5-3-4-13(10-14)17(24)21-20-12-15-11-16(19)18(26-15)23-6-8-25-9-7-23/h3-5,10-12H,6-9H2,1-2H3,(H,21,24)/b20-12-. The molecule has 1 N–H and O–H groups in total. The molecule has 1 fully saturated rings. The van der Waals surface area contributed by atoms with E-state index in [1.54, 1.807) is 6.07 Å². The van der Waals surface area contributed by atoms with Crippen molar-refractivity contribution in [3.05, 3.63) is 46.1 Å². The third kappa shape index (κ3) is 4.44. The van der Waals surface area contributed by atoms with Gasteiger partial charge in [-0.3, -0.25) is 4.79 Å². The SMILES string of the molecule is CN(C)c1cccc(C(=O)N/N=C\c2cc(Br)c(N3CCOCC3)o2)c1. The number of ether oxygens (including phenoxy) is 1. The summed E-state index contributed by atoms with van der Waals surface area (Å²) in [4.78, 5) is 16.3. The zero-order valence-electron chi connectivity index (χ0n) is 14.7. The summed E-state index contributed by atoms with van der Waals surface area (Å²) in [6.45, 7) is 2.92. The highest BCUT2D eigenvalue weighted by Crippen LogP contribution is 2.30. The van der Waals surface area contributed by atoms with Crippen molar-refractivity contribution < 1.29 is 13.9 Å². The van der Waals surface area contributed by atoms with Gasteiger partial charge in [-0.25, -0.2) is 5.43 Å². The van der Waals surface area contributed by atoms with Crippen molar-refractivity contribution >= 4 is 39.6 Å². The lowest BCUT2D eigenvalue weighted by molar-refractivity contribution is 0.0955. The molecule has 3 rings (SSSR count). The van der Waals surface area contributed by atoms with Crippen LogP contribution in [0.15, 0.2) is 44.3 Å². The van der Waals surface area contributed by atoms with Gasteiger partial charge in [-0.1, -0.05) is 6.07 Å². The Hall–Kier alpha value is -2.32. The van der Waals surface area contributed by atoms with Crippen molar-refractivity contribution in [1.82, 2.24) is 5.43 Å². The first-order valence-corrected chi connectivity index (χ1v) is 9.06. The fraction of sp³-hybridized carbons (Fsp3) is 0.333. The van der Waals surface area contributed by atoms with Gasteiger partial charge in [-0.15, -0.1) is 0 Å². The second-order valence-electron chi connectivity index (χ2n) is 6.05. The maximum atomic E-state index is 12.2. The largest absolute Gasteiger partial charge is 0.438 e. The Labute approximate surface area is 160 Å². The minimum absolute atomic E-state index is 0.274. The molecule has 1 aliphatic heterocycles. The molecule has 26 heavy (non-hydrogen) atoms. The van der Waals surface area contributed by atoms with Crippen LogP contribution in [0.4, 0.5) is 11.6 Å². The van der Waals surface area contributed by atoms with Gasteiger partial charge in [0.05, 0.1) is 23.9 Å². The summed E-state index contributed by atoms with van der Waals surface area (Å²) in [7, 11) is 3.85. The van der Waals surface area contributed by atoms with Gasteiger partial charge < -0.3 is 19.0 Å². The number of furan rings is 1. The van der Waals surface area contributed by atoms with E-state index in [9.17, 15) is 4.79 Å². The number of carbonyl (C=O) groups is 1. The average Bonchev–Trinajstić information content (AvgIpc) is 3.03. The number of hydrogen-bond acceptors (Lipinski definition) is 6. The van der Waals surface area contributed by atoms with Crippen LogP contribution in [0.1, 0.15) is 16.1 Å². The third-order valence-corrected chi connectivity index (χ3v) is 4.54. The molecule has 8 heteroatoms. The van der Waals surface area contributed by atoms with E-state index in [1.807, 2.05) is 43.3 Å². The normalized spacial score (nSPS) is 14.7. The van der Waals surface area contributed by atoms with Gasteiger partial charge in [0, 0.05) is 44.5 Å². The Kier molecular flexibility index (Phi) is 5.95. The molecule has 0 atom stereocenters. The summed E-state index contributed by atoms with van der Waals surface area (Å²) >= 11 is 3.50. The lowest BCUT2D eigenvalue weighted by Crippen LogP contribution is -2.36. The van der Waals surface area contributed by atoms with Crippen LogP contribution in [0.3, 0.4) is 0 Å². The Morgan fingerprint density at radius 2 is 2.08 bits per heavy atom. The van der Waals surface area contributed by atoms with E-state index in [-0.39, 0.29) is 5.91 Å². The minimum atomic E-state index is -0.274. The van der Waals surface area contributed by atoms with E-state index in [4.69, 9.17) is 9.15 Å². The number of rotatable bonds is 5. The topological polar surface area (TPSA) is 70.3 Å². The molecular weight excluding hydrogens is 400 g/mol. The number of nitrogens with one attached hydrogen (secondary N) is 1. The van der Waals surface area contributed by atoms with E-state index in [0.717, 1.165) is 29.1 Å². The third-order valence-electron chi connectivity index (χ3n) is 3.97. The first-order chi connectivity index (χ1) is 12.5. The molecule has 1 aromatic carbocycles. The van der Waals surface area contributed by atoms with Gasteiger partial charge in [0.2, 0.25) is 5.88 Å². The van der Waals surface area contributed by atoms with Gasteiger partial charge in [0.1, 0.15) is 0 Å². The molecule has 2 aromatic rings. The van der Waals surface area contributed by atoms with Gasteiger partial charge in [-0.05, 0) is 34.1 Å². The van der Waals surface area contributed by atoms with Crippen molar-refractivity contribution in [2.24, 2.45) is 5.10 Å². The molecule has 2 heterocycles. The molecule has 1 aromatic heterocycles. The van der Waals surface area contributed by atoms with Crippen LogP contribution >= 0.6 is 15.9 Å². The predicted octanol–water partition coefficient (Wildman–Crippen LogP) is 2.71. The Morgan fingerprint density at radius 3 is 2.81 bits per heavy atom. The van der Waals surface area contributed by atoms with Crippen molar-refractivity contribution in [2.75, 3.05) is 50.2 Å². The highest BCUT2D eigenvalue weighted by molar-refractivity contribution is 9.10. The first kappa shape index (κ1) is 18.5. The summed E-state index contributed by atoms with van der Waals surface area (Å²) in [6.07, 6.45) is 1.49. The summed E-state index contributed by atoms with van der Waals surface area (Å²) in [5, 5.41) is 4.00. The Balaban J connectivity index is 1.63. The van der Waals surface area contributed by atoms with Crippen LogP contribution in [-0.4, -0.2) is 52.5 Å². The second-order valence-corrected chi connectivity index (χ2v) is 6.90. The van der Waals surface area contributed by atoms with E-state index in [2.05, 4.69) is 31.4 Å². The van der Waals surface area contributed by atoms with Gasteiger partial charge >= 0.3 is 0 Å². The monoisotopic (exact) mass is 420 g/mol. The molecule has 0 bridgehead atoms. The van der Waals surface area contributed by atoms with Crippen molar-refractivity contribution in [1.29, 1.82) is 0 Å². The highest BCUT2D eigenvalue weighted by Gasteiger charge is 2.18. The van der Waals surface area contributed by atoms with Crippen LogP contribution in [-0.2, 0) is 4.74 Å². The van der Waals surface area contributed by atoms with Crippen LogP contribution in [0.5, 0.6) is 0 Å². The number of benzene rings is 1. The lowest BCUT2D eigenvalue weighted by Gasteiger charge is -2.26. The van der Waals surface area contributed by atoms with Gasteiger partial charge in [0.15, 0.2) is 5.76 Å². The molecule has 1 aliphatic rings. The van der Waals surface area contributed by atoms with Crippen LogP contribution in [0.2, 0.25) is 0 Å². The van der Waals surface area contributed by atoms with Crippen molar-refractivity contribution in [3.63, 3.8) is 0 Å². The number of hydrazone groups is 1. The molecule has 1 saturated heterocycles. The molecule has 0 unspecified atom stereocenters. The maximum absolute atomic E-state index is 12.2. The average molecular weight is 421 g/mol. The summed E-state index contributed by atoms with van der Waals surface area (Å²) in [6, 6.07) is 9.16. The lowest BCUT2D eigenvalue weighted by atomic mass is 10.2. The molecule has 1 amide bonds. The number of amides is 1. The molecule has 0 spiro atoms. The van der Waals surface area contributed by atoms with E-state index in [0.29, 0.717) is 24.5 Å². The summed E-state index contributed by atoms with van der Waals surface area (Å²) < 4.78 is 12.0. The van der Waals surface area contributed by atoms with Crippen molar-refractivity contribution in [3.8, 4) is 0 Å². The van der Waals surface area contributed by atoms with Crippen LogP contribution in [0, 0.1) is 0 Å². The quantitative estimate of drug-likeness (QED) is 0.594. The van der Waals surface area contributed by atoms with E-state index < -0.39 is 0 Å². The van der Waals surface area contributed by atoms with Crippen molar-refractivity contribution in [2.45, 2.75) is 0 Å². The zero-order chi connectivity index (χ0) is 18.5. The van der Waals surface area contributed by atoms with E-state index >= 15 is 0 Å². The molecule has 138 valence electrons. The number of hydrogen-bond donors (Lipinski definition) is 1. The Bertz CT molecular complexity index is 797. The number of carbonyl (C=O) groups excluding carboxylic acids is 1. The fourth-order valence-electron chi connectivity index (χ4n) is 2.57.